The summed E-state index contributed by atoms with van der Waals surface area (Å²) in [5.74, 6) is 0.225. The molecule has 2 rings (SSSR count). The number of esters is 1. The first kappa shape index (κ1) is 10.6. The second-order valence-corrected chi connectivity index (χ2v) is 4.40. The van der Waals surface area contributed by atoms with Crippen molar-refractivity contribution < 1.29 is 14.3 Å². The third-order valence-electron chi connectivity index (χ3n) is 3.50. The Kier molecular flexibility index (Phi) is 3.05. The van der Waals surface area contributed by atoms with Crippen molar-refractivity contribution in [2.75, 3.05) is 13.7 Å². The SMILES string of the molecule is COC(=O)CCN1C2CCC1CC(=O)C2. The van der Waals surface area contributed by atoms with Gasteiger partial charge in [-0.15, -0.1) is 0 Å². The normalized spacial score (nSPS) is 30.6. The van der Waals surface area contributed by atoms with Crippen LogP contribution in [-0.2, 0) is 14.3 Å². The lowest BCUT2D eigenvalue weighted by molar-refractivity contribution is -0.141. The number of ketones is 1. The number of piperidine rings is 1. The zero-order chi connectivity index (χ0) is 10.8. The molecule has 4 heteroatoms. The molecule has 2 saturated heterocycles. The van der Waals surface area contributed by atoms with Gasteiger partial charge in [0.2, 0.25) is 0 Å². The van der Waals surface area contributed by atoms with E-state index in [0.717, 1.165) is 19.4 Å². The zero-order valence-corrected chi connectivity index (χ0v) is 9.07. The Labute approximate surface area is 89.6 Å². The average molecular weight is 211 g/mol. The average Bonchev–Trinajstić information content (AvgIpc) is 2.46. The Morgan fingerprint density at radius 1 is 1.40 bits per heavy atom. The molecule has 0 aliphatic carbocycles. The molecule has 2 unspecified atom stereocenters. The van der Waals surface area contributed by atoms with Crippen LogP contribution in [-0.4, -0.2) is 42.4 Å². The number of nitrogens with zero attached hydrogens (tertiary/aromatic N) is 1. The lowest BCUT2D eigenvalue weighted by Crippen LogP contribution is -2.44. The molecule has 4 nitrogen and oxygen atoms in total. The van der Waals surface area contributed by atoms with Crippen LogP contribution >= 0.6 is 0 Å². The molecular formula is C11H17NO3. The van der Waals surface area contributed by atoms with Gasteiger partial charge in [0.05, 0.1) is 13.5 Å². The molecule has 15 heavy (non-hydrogen) atoms. The highest BCUT2D eigenvalue weighted by Gasteiger charge is 2.39. The van der Waals surface area contributed by atoms with E-state index in [1.54, 1.807) is 0 Å². The first-order valence-corrected chi connectivity index (χ1v) is 5.55. The summed E-state index contributed by atoms with van der Waals surface area (Å²) in [5.41, 5.74) is 0. The number of rotatable bonds is 3. The van der Waals surface area contributed by atoms with Gasteiger partial charge in [0, 0.05) is 31.5 Å². The molecule has 2 heterocycles. The van der Waals surface area contributed by atoms with Crippen LogP contribution in [0.4, 0.5) is 0 Å². The summed E-state index contributed by atoms with van der Waals surface area (Å²) >= 11 is 0. The van der Waals surface area contributed by atoms with Crippen LogP contribution in [0.3, 0.4) is 0 Å². The summed E-state index contributed by atoms with van der Waals surface area (Å²) in [6.07, 6.45) is 4.02. The summed E-state index contributed by atoms with van der Waals surface area (Å²) < 4.78 is 4.62. The van der Waals surface area contributed by atoms with E-state index < -0.39 is 0 Å². The maximum Gasteiger partial charge on any atom is 0.306 e. The minimum atomic E-state index is -0.161. The van der Waals surface area contributed by atoms with Gasteiger partial charge in [0.15, 0.2) is 0 Å². The van der Waals surface area contributed by atoms with Gasteiger partial charge < -0.3 is 4.74 Å². The summed E-state index contributed by atoms with van der Waals surface area (Å²) in [4.78, 5) is 24.7. The monoisotopic (exact) mass is 211 g/mol. The fourth-order valence-electron chi connectivity index (χ4n) is 2.75. The Balaban J connectivity index is 1.88. The molecule has 2 bridgehead atoms. The molecule has 0 amide bonds. The maximum absolute atomic E-state index is 11.3. The molecular weight excluding hydrogens is 194 g/mol. The van der Waals surface area contributed by atoms with Gasteiger partial charge in [-0.1, -0.05) is 0 Å². The van der Waals surface area contributed by atoms with E-state index in [1.807, 2.05) is 0 Å². The van der Waals surface area contributed by atoms with Gasteiger partial charge in [-0.3, -0.25) is 14.5 Å². The number of ether oxygens (including phenoxy) is 1. The van der Waals surface area contributed by atoms with Crippen molar-refractivity contribution in [3.8, 4) is 0 Å². The van der Waals surface area contributed by atoms with Gasteiger partial charge in [-0.2, -0.15) is 0 Å². The van der Waals surface area contributed by atoms with Crippen molar-refractivity contribution in [3.63, 3.8) is 0 Å². The molecule has 2 fully saturated rings. The minimum absolute atomic E-state index is 0.161. The number of methoxy groups -OCH3 is 1. The third kappa shape index (κ3) is 2.20. The summed E-state index contributed by atoms with van der Waals surface area (Å²) in [6.45, 7) is 0.745. The summed E-state index contributed by atoms with van der Waals surface area (Å²) in [7, 11) is 1.41. The Morgan fingerprint density at radius 2 is 2.00 bits per heavy atom. The summed E-state index contributed by atoms with van der Waals surface area (Å²) in [6, 6.07) is 0.779. The van der Waals surface area contributed by atoms with Crippen LogP contribution in [0.1, 0.15) is 32.1 Å². The Morgan fingerprint density at radius 3 is 2.53 bits per heavy atom. The minimum Gasteiger partial charge on any atom is -0.469 e. The predicted octanol–water partition coefficient (Wildman–Crippen LogP) is 0.745. The van der Waals surface area contributed by atoms with E-state index in [9.17, 15) is 9.59 Å². The highest BCUT2D eigenvalue weighted by Crippen LogP contribution is 2.33. The van der Waals surface area contributed by atoms with Crippen LogP contribution in [0, 0.1) is 0 Å². The van der Waals surface area contributed by atoms with Gasteiger partial charge in [0.25, 0.3) is 0 Å². The fourth-order valence-corrected chi connectivity index (χ4v) is 2.75. The molecule has 0 N–H and O–H groups in total. The predicted molar refractivity (Wildman–Crippen MR) is 54.4 cm³/mol. The first-order chi connectivity index (χ1) is 7.20. The Bertz CT molecular complexity index is 261. The van der Waals surface area contributed by atoms with E-state index in [0.29, 0.717) is 37.1 Å². The smallest absolute Gasteiger partial charge is 0.306 e. The van der Waals surface area contributed by atoms with Gasteiger partial charge in [0.1, 0.15) is 5.78 Å². The van der Waals surface area contributed by atoms with Crippen molar-refractivity contribution in [2.45, 2.75) is 44.2 Å². The van der Waals surface area contributed by atoms with Crippen LogP contribution in [0.5, 0.6) is 0 Å². The second kappa shape index (κ2) is 4.31. The topological polar surface area (TPSA) is 46.6 Å². The number of carbonyl (C=O) groups is 2. The Hall–Kier alpha value is -0.900. The standard InChI is InChI=1S/C11H17NO3/c1-15-11(14)4-5-12-8-2-3-9(12)7-10(13)6-8/h8-9H,2-7H2,1H3. The molecule has 0 aromatic heterocycles. The number of fused-ring (bicyclic) bond motifs is 2. The van der Waals surface area contributed by atoms with Crippen molar-refractivity contribution >= 4 is 11.8 Å². The highest BCUT2D eigenvalue weighted by atomic mass is 16.5. The lowest BCUT2D eigenvalue weighted by atomic mass is 10.0. The summed E-state index contributed by atoms with van der Waals surface area (Å²) in [5, 5.41) is 0. The van der Waals surface area contributed by atoms with Gasteiger partial charge in [-0.05, 0) is 12.8 Å². The van der Waals surface area contributed by atoms with Crippen molar-refractivity contribution in [2.24, 2.45) is 0 Å². The van der Waals surface area contributed by atoms with E-state index in [2.05, 4.69) is 9.64 Å². The quantitative estimate of drug-likeness (QED) is 0.646. The molecule has 2 aliphatic heterocycles. The number of carbonyl (C=O) groups excluding carboxylic acids is 2. The van der Waals surface area contributed by atoms with E-state index in [1.165, 1.54) is 7.11 Å². The van der Waals surface area contributed by atoms with Crippen LogP contribution in [0.15, 0.2) is 0 Å². The third-order valence-corrected chi connectivity index (χ3v) is 3.50. The van der Waals surface area contributed by atoms with Gasteiger partial charge >= 0.3 is 5.97 Å². The first-order valence-electron chi connectivity index (χ1n) is 5.55. The van der Waals surface area contributed by atoms with E-state index in [-0.39, 0.29) is 5.97 Å². The molecule has 0 aromatic carbocycles. The second-order valence-electron chi connectivity index (χ2n) is 4.40. The maximum atomic E-state index is 11.3. The number of hydrogen-bond acceptors (Lipinski definition) is 4. The van der Waals surface area contributed by atoms with Crippen molar-refractivity contribution in [1.29, 1.82) is 0 Å². The molecule has 2 atom stereocenters. The van der Waals surface area contributed by atoms with Gasteiger partial charge in [-0.25, -0.2) is 0 Å². The van der Waals surface area contributed by atoms with E-state index in [4.69, 9.17) is 0 Å². The molecule has 0 saturated carbocycles. The number of hydrogen-bond donors (Lipinski definition) is 0. The molecule has 0 aromatic rings. The van der Waals surface area contributed by atoms with E-state index >= 15 is 0 Å². The highest BCUT2D eigenvalue weighted by molar-refractivity contribution is 5.81. The van der Waals surface area contributed by atoms with Crippen LogP contribution < -0.4 is 0 Å². The van der Waals surface area contributed by atoms with Crippen LogP contribution in [0.2, 0.25) is 0 Å². The van der Waals surface area contributed by atoms with Crippen LogP contribution in [0.25, 0.3) is 0 Å². The molecule has 2 aliphatic rings. The number of Topliss-reactive ketones (excluding diaryl/α,β-unsaturated/α-hetero) is 1. The zero-order valence-electron chi connectivity index (χ0n) is 9.07. The fraction of sp³-hybridized carbons (Fsp3) is 0.818. The van der Waals surface area contributed by atoms with Crippen molar-refractivity contribution in [3.05, 3.63) is 0 Å². The molecule has 0 radical (unpaired) electrons. The largest absolute Gasteiger partial charge is 0.469 e. The van der Waals surface area contributed by atoms with Crippen molar-refractivity contribution in [1.82, 2.24) is 4.90 Å². The molecule has 84 valence electrons. The lowest BCUT2D eigenvalue weighted by Gasteiger charge is -2.33. The molecule has 0 spiro atoms.